The molecular weight excluding hydrogens is 1110 g/mol. The highest BCUT2D eigenvalue weighted by atomic mass is 79.9. The van der Waals surface area contributed by atoms with E-state index in [0.29, 0.717) is 50.0 Å². The number of benzene rings is 6. The molecule has 7 aromatic rings. The van der Waals surface area contributed by atoms with Gasteiger partial charge in [-0.1, -0.05) is 12.1 Å². The van der Waals surface area contributed by atoms with Crippen LogP contribution in [0.15, 0.2) is 115 Å². The van der Waals surface area contributed by atoms with E-state index in [0.717, 1.165) is 89.4 Å². The first-order valence-corrected chi connectivity index (χ1v) is 24.6. The Bertz CT molecular complexity index is 3290. The number of nitrogens with zero attached hydrogens (tertiary/aromatic N) is 3. The Morgan fingerprint density at radius 2 is 1.01 bits per heavy atom. The Balaban J connectivity index is 0.000000123. The van der Waals surface area contributed by atoms with Crippen LogP contribution in [0.3, 0.4) is 0 Å². The summed E-state index contributed by atoms with van der Waals surface area (Å²) in [4.78, 5) is 0. The van der Waals surface area contributed by atoms with Crippen LogP contribution in [-0.4, -0.2) is 64.4 Å². The fourth-order valence-electron chi connectivity index (χ4n) is 8.64. The highest BCUT2D eigenvalue weighted by molar-refractivity contribution is 9.11. The number of aromatic nitrogens is 2. The Morgan fingerprint density at radius 3 is 1.56 bits per heavy atom. The maximum absolute atomic E-state index is 10.5. The summed E-state index contributed by atoms with van der Waals surface area (Å²) in [6.45, 7) is 6.56. The number of halogens is 3. The number of rotatable bonds is 7. The molecule has 6 heterocycles. The van der Waals surface area contributed by atoms with Crippen LogP contribution in [0.4, 0.5) is 0 Å². The predicted molar refractivity (Wildman–Crippen MR) is 277 cm³/mol. The molecule has 1 aromatic heterocycles. The van der Waals surface area contributed by atoms with Gasteiger partial charge in [0.15, 0.2) is 34.5 Å². The number of aryl methyl sites for hydroxylation is 2. The molecule has 5 aliphatic rings. The molecule has 6 aromatic carbocycles. The number of aromatic hydroxyl groups is 3. The first kappa shape index (κ1) is 47.6. The standard InChI is InChI=1S/C18H17BrN2O4.C17H15BrN2O3.C17H13BrN2O3/c1-9-17(22)11(6-12(19)18(9)23-2)14-7-13(20-21-14)10-3-4-15-16(5-10)25-8-24-15;2*1-9-4-11(17(21)12(18)5-9)14-7-13(19-20-14)10-2-3-15-16(6-10)23-8-22-15/h3-6,13,20,22H,7-8H2,1-2H3;2-6,13,19,21H,7-8H2,1H3;2-7,21H,8H2,1H3,(H,19,20). The van der Waals surface area contributed by atoms with Crippen LogP contribution in [0.5, 0.6) is 57.5 Å². The molecule has 2 unspecified atom stereocenters. The third-order valence-corrected chi connectivity index (χ3v) is 14.1. The van der Waals surface area contributed by atoms with Gasteiger partial charge in [0.25, 0.3) is 0 Å². The third-order valence-electron chi connectivity index (χ3n) is 12.3. The minimum absolute atomic E-state index is 0.0186. The molecule has 0 spiro atoms. The van der Waals surface area contributed by atoms with Gasteiger partial charge in [0, 0.05) is 40.7 Å². The minimum atomic E-state index is 0.0186. The zero-order valence-corrected chi connectivity index (χ0v) is 43.3. The second kappa shape index (κ2) is 20.0. The van der Waals surface area contributed by atoms with Gasteiger partial charge < -0.3 is 59.3 Å². The molecule has 0 saturated heterocycles. The van der Waals surface area contributed by atoms with Gasteiger partial charge in [-0.15, -0.1) is 0 Å². The van der Waals surface area contributed by atoms with Crippen molar-refractivity contribution >= 4 is 59.2 Å². The number of methoxy groups -OCH3 is 1. The van der Waals surface area contributed by atoms with Crippen LogP contribution in [0, 0.1) is 20.8 Å². The van der Waals surface area contributed by atoms with Crippen LogP contribution in [-0.2, 0) is 0 Å². The Kier molecular flexibility index (Phi) is 13.4. The van der Waals surface area contributed by atoms with Crippen LogP contribution < -0.4 is 44.0 Å². The second-order valence-corrected chi connectivity index (χ2v) is 19.6. The van der Waals surface area contributed by atoms with Crippen molar-refractivity contribution in [1.29, 1.82) is 0 Å². The molecule has 0 fully saturated rings. The van der Waals surface area contributed by atoms with Gasteiger partial charge in [0.2, 0.25) is 20.4 Å². The lowest BCUT2D eigenvalue weighted by Gasteiger charge is -2.14. The number of hydrogen-bond donors (Lipinski definition) is 6. The van der Waals surface area contributed by atoms with E-state index in [4.69, 9.17) is 33.2 Å². The molecule has 0 saturated carbocycles. The molecular formula is C52H45Br3N6O10. The minimum Gasteiger partial charge on any atom is -0.507 e. The summed E-state index contributed by atoms with van der Waals surface area (Å²) in [5.74, 6) is 5.73. The molecule has 2 atom stereocenters. The Labute approximate surface area is 433 Å². The summed E-state index contributed by atoms with van der Waals surface area (Å²) in [5.41, 5.74) is 17.5. The summed E-state index contributed by atoms with van der Waals surface area (Å²) in [7, 11) is 1.58. The summed E-state index contributed by atoms with van der Waals surface area (Å²) in [6, 6.07) is 28.9. The van der Waals surface area contributed by atoms with E-state index in [1.54, 1.807) is 7.11 Å². The molecule has 0 radical (unpaired) electrons. The van der Waals surface area contributed by atoms with Gasteiger partial charge in [-0.05, 0) is 170 Å². The maximum Gasteiger partial charge on any atom is 0.231 e. The van der Waals surface area contributed by atoms with Crippen molar-refractivity contribution in [2.75, 3.05) is 27.5 Å². The summed E-state index contributed by atoms with van der Waals surface area (Å²) in [5, 5.41) is 47.2. The van der Waals surface area contributed by atoms with Gasteiger partial charge in [0.1, 0.15) is 23.0 Å². The maximum atomic E-state index is 10.5. The molecule has 16 nitrogen and oxygen atoms in total. The summed E-state index contributed by atoms with van der Waals surface area (Å²) >= 11 is 10.2. The van der Waals surface area contributed by atoms with Crippen LogP contribution >= 0.6 is 47.8 Å². The molecule has 0 amide bonds. The van der Waals surface area contributed by atoms with E-state index in [9.17, 15) is 15.3 Å². The Morgan fingerprint density at radius 1 is 0.535 bits per heavy atom. The van der Waals surface area contributed by atoms with Crippen LogP contribution in [0.25, 0.3) is 22.5 Å². The topological polar surface area (TPSA) is 203 Å². The molecule has 364 valence electrons. The third kappa shape index (κ3) is 9.73. The van der Waals surface area contributed by atoms with Crippen molar-refractivity contribution in [1.82, 2.24) is 21.0 Å². The van der Waals surface area contributed by atoms with E-state index >= 15 is 0 Å². The molecule has 5 aliphatic heterocycles. The number of hydrogen-bond acceptors (Lipinski definition) is 15. The van der Waals surface area contributed by atoms with Crippen LogP contribution in [0.1, 0.15) is 63.9 Å². The van der Waals surface area contributed by atoms with Crippen molar-refractivity contribution in [3.05, 3.63) is 143 Å². The number of fused-ring (bicyclic) bond motifs is 3. The first-order valence-electron chi connectivity index (χ1n) is 22.3. The number of ether oxygens (including phenoxy) is 7. The zero-order chi connectivity index (χ0) is 49.5. The second-order valence-electron chi connectivity index (χ2n) is 17.0. The molecule has 6 N–H and O–H groups in total. The average molecular weight is 1150 g/mol. The normalized spacial score (nSPS) is 16.5. The molecule has 71 heavy (non-hydrogen) atoms. The summed E-state index contributed by atoms with van der Waals surface area (Å²) < 4.78 is 39.7. The predicted octanol–water partition coefficient (Wildman–Crippen LogP) is 11.5. The molecule has 0 aliphatic carbocycles. The van der Waals surface area contributed by atoms with E-state index in [1.807, 2.05) is 112 Å². The number of hydrazone groups is 2. The molecule has 0 bridgehead atoms. The van der Waals surface area contributed by atoms with Gasteiger partial charge in [-0.2, -0.15) is 15.3 Å². The van der Waals surface area contributed by atoms with E-state index in [1.165, 1.54) is 0 Å². The number of H-pyrrole nitrogens is 1. The van der Waals surface area contributed by atoms with Crippen molar-refractivity contribution in [2.24, 2.45) is 10.2 Å². The van der Waals surface area contributed by atoms with E-state index < -0.39 is 0 Å². The smallest absolute Gasteiger partial charge is 0.231 e. The van der Waals surface area contributed by atoms with Crippen molar-refractivity contribution in [3.8, 4) is 80.0 Å². The van der Waals surface area contributed by atoms with Crippen molar-refractivity contribution < 1.29 is 48.5 Å². The van der Waals surface area contributed by atoms with Crippen molar-refractivity contribution in [3.63, 3.8) is 0 Å². The highest BCUT2D eigenvalue weighted by Gasteiger charge is 2.28. The molecule has 12 rings (SSSR count). The SMILES string of the molecule is COc1c(Br)cc(C2=NNC(c3ccc4c(c3)OCO4)C2)c(O)c1C.Cc1cc(Br)c(O)c(-c2cc(-c3ccc4c(c3)OCO4)n[nH]2)c1.Cc1cc(Br)c(O)c(C2=NNC(c3ccc4c(c3)OCO4)C2)c1. The monoisotopic (exact) mass is 1150 g/mol. The van der Waals surface area contributed by atoms with Gasteiger partial charge in [-0.3, -0.25) is 5.10 Å². The van der Waals surface area contributed by atoms with Gasteiger partial charge in [0.05, 0.1) is 55.4 Å². The quantitative estimate of drug-likeness (QED) is 0.0881. The number of phenolic OH excluding ortho intramolecular Hbond substituents is 3. The van der Waals surface area contributed by atoms with Crippen LogP contribution in [0.2, 0.25) is 0 Å². The van der Waals surface area contributed by atoms with Gasteiger partial charge >= 0.3 is 0 Å². The zero-order valence-electron chi connectivity index (χ0n) is 38.5. The summed E-state index contributed by atoms with van der Waals surface area (Å²) in [6.07, 6.45) is 1.36. The number of aromatic amines is 1. The number of phenols is 3. The first-order chi connectivity index (χ1) is 34.3. The van der Waals surface area contributed by atoms with Crippen molar-refractivity contribution in [2.45, 2.75) is 45.7 Å². The van der Waals surface area contributed by atoms with E-state index in [2.05, 4.69) is 79.0 Å². The lowest BCUT2D eigenvalue weighted by molar-refractivity contribution is 0.173. The largest absolute Gasteiger partial charge is 0.507 e. The lowest BCUT2D eigenvalue weighted by Crippen LogP contribution is -2.10. The fraction of sp³-hybridized carbons (Fsp3) is 0.212. The van der Waals surface area contributed by atoms with Gasteiger partial charge in [-0.25, -0.2) is 0 Å². The lowest BCUT2D eigenvalue weighted by atomic mass is 9.97. The molecule has 19 heteroatoms. The van der Waals surface area contributed by atoms with E-state index in [-0.39, 0.29) is 49.7 Å². The number of nitrogens with one attached hydrogen (secondary N) is 3. The Hall–Kier alpha value is -7.09. The highest BCUT2D eigenvalue weighted by Crippen LogP contribution is 2.43. The average Bonchev–Trinajstić information content (AvgIpc) is 4.23. The fourth-order valence-corrected chi connectivity index (χ4v) is 10.5.